The molecule has 0 aliphatic carbocycles. The molecule has 0 spiro atoms. The molecule has 1 N–H and O–H groups in total. The maximum Gasteiger partial charge on any atom is 0.316 e. The van der Waals surface area contributed by atoms with Crippen molar-refractivity contribution in [1.82, 2.24) is 9.47 Å². The summed E-state index contributed by atoms with van der Waals surface area (Å²) in [6.07, 6.45) is 4.37. The first-order valence-corrected chi connectivity index (χ1v) is 12.4. The summed E-state index contributed by atoms with van der Waals surface area (Å²) in [5.74, 6) is 0. The highest BCUT2D eigenvalue weighted by molar-refractivity contribution is 6.05. The molecule has 1 aromatic heterocycles. The largest absolute Gasteiger partial charge is 0.353 e. The van der Waals surface area contributed by atoms with Crippen molar-refractivity contribution in [1.29, 1.82) is 0 Å². The Morgan fingerprint density at radius 1 is 0.946 bits per heavy atom. The van der Waals surface area contributed by atoms with E-state index in [2.05, 4.69) is 32.1 Å². The fourth-order valence-electron chi connectivity index (χ4n) is 4.73. The number of hydrogen-bond donors (Lipinski definition) is 1. The standard InChI is InChI=1S/C28H28N6O3/c1-37-34(36)24-14-12-22(13-15-24)30-28-25-6-2-3-7-26(25)33(19-18-32-16-4-5-17-32)27(28)20-29-21-8-10-23(31-35)11-9-21/h2-3,6-15,20H,4-5,16-19H2,1H3/p+1. The number of nitrogens with zero attached hydrogens (tertiary/aromatic N) is 5. The van der Waals surface area contributed by atoms with E-state index in [9.17, 15) is 9.81 Å². The number of nitroso groups, excluding NO2 is 1. The number of aromatic nitrogens is 1. The van der Waals surface area contributed by atoms with Crippen molar-refractivity contribution < 1.29 is 9.76 Å². The summed E-state index contributed by atoms with van der Waals surface area (Å²) in [6, 6.07) is 22.3. The van der Waals surface area contributed by atoms with Crippen LogP contribution in [0.3, 0.4) is 0 Å². The summed E-state index contributed by atoms with van der Waals surface area (Å²) in [4.78, 5) is 35.0. The maximum atomic E-state index is 11.8. The Kier molecular flexibility index (Phi) is 7.32. The van der Waals surface area contributed by atoms with Crippen molar-refractivity contribution in [2.24, 2.45) is 10.2 Å². The number of fused-ring (bicyclic) bond motifs is 1. The quantitative estimate of drug-likeness (QED) is 0.151. The molecule has 3 aromatic carbocycles. The van der Waals surface area contributed by atoms with Gasteiger partial charge in [0.25, 0.3) is 4.92 Å². The number of rotatable bonds is 10. The van der Waals surface area contributed by atoms with Crippen molar-refractivity contribution in [3.05, 3.63) is 88.3 Å². The highest BCUT2D eigenvalue weighted by atomic mass is 16.8. The molecule has 1 fully saturated rings. The molecular weight excluding hydrogens is 468 g/mol. The van der Waals surface area contributed by atoms with E-state index in [0.717, 1.165) is 59.8 Å². The van der Waals surface area contributed by atoms with Gasteiger partial charge in [0.05, 0.1) is 33.7 Å². The predicted molar refractivity (Wildman–Crippen MR) is 147 cm³/mol. The summed E-state index contributed by atoms with van der Waals surface area (Å²) in [5, 5.41) is 7.61. The topological polar surface area (TPSA) is 91.3 Å². The Labute approximate surface area is 214 Å². The SMILES string of the molecule is CO[N+](=O)c1ccc(Nc2c(C=Nc3ccc(N=O)cc3)n(CCN3CCCC3)c3ccccc23)cc1. The second kappa shape index (κ2) is 11.1. The zero-order valence-electron chi connectivity index (χ0n) is 20.7. The molecule has 0 radical (unpaired) electrons. The number of nitrogens with one attached hydrogen (secondary N) is 1. The van der Waals surface area contributed by atoms with Gasteiger partial charge in [0.1, 0.15) is 5.69 Å². The van der Waals surface area contributed by atoms with Gasteiger partial charge in [-0.15, -0.1) is 4.91 Å². The lowest BCUT2D eigenvalue weighted by Gasteiger charge is -2.17. The van der Waals surface area contributed by atoms with Crippen LogP contribution in [-0.2, 0) is 11.4 Å². The average molecular weight is 498 g/mol. The van der Waals surface area contributed by atoms with Gasteiger partial charge in [-0.05, 0) is 73.6 Å². The Morgan fingerprint density at radius 2 is 1.65 bits per heavy atom. The Hall–Kier alpha value is -4.37. The lowest BCUT2D eigenvalue weighted by atomic mass is 10.2. The van der Waals surface area contributed by atoms with Gasteiger partial charge in [0.15, 0.2) is 7.11 Å². The van der Waals surface area contributed by atoms with Crippen LogP contribution < -0.4 is 5.32 Å². The number of hydrogen-bond acceptors (Lipinski definition) is 7. The zero-order chi connectivity index (χ0) is 25.6. The van der Waals surface area contributed by atoms with Gasteiger partial charge in [0.2, 0.25) is 0 Å². The molecular formula is C28H29N6O3+. The second-order valence-electron chi connectivity index (χ2n) is 8.96. The van der Waals surface area contributed by atoms with E-state index >= 15 is 0 Å². The lowest BCUT2D eigenvalue weighted by molar-refractivity contribution is -0.736. The van der Waals surface area contributed by atoms with E-state index in [1.807, 2.05) is 30.5 Å². The number of para-hydroxylation sites is 1. The first-order chi connectivity index (χ1) is 18.2. The highest BCUT2D eigenvalue weighted by Crippen LogP contribution is 2.34. The van der Waals surface area contributed by atoms with Crippen LogP contribution in [0.5, 0.6) is 0 Å². The van der Waals surface area contributed by atoms with Gasteiger partial charge < -0.3 is 14.8 Å². The molecule has 1 aliphatic rings. The number of aliphatic imine (C=N–C) groups is 1. The summed E-state index contributed by atoms with van der Waals surface area (Å²) >= 11 is 0. The normalized spacial score (nSPS) is 13.9. The van der Waals surface area contributed by atoms with E-state index in [1.165, 1.54) is 20.0 Å². The van der Waals surface area contributed by atoms with Crippen LogP contribution in [0.25, 0.3) is 10.9 Å². The highest BCUT2D eigenvalue weighted by Gasteiger charge is 2.19. The van der Waals surface area contributed by atoms with Gasteiger partial charge in [-0.1, -0.05) is 18.2 Å². The van der Waals surface area contributed by atoms with Crippen LogP contribution in [0, 0.1) is 9.81 Å². The fourth-order valence-corrected chi connectivity index (χ4v) is 4.73. The van der Waals surface area contributed by atoms with Crippen molar-refractivity contribution >= 4 is 45.6 Å². The van der Waals surface area contributed by atoms with Gasteiger partial charge in [-0.3, -0.25) is 4.99 Å². The van der Waals surface area contributed by atoms with E-state index in [4.69, 9.17) is 9.83 Å². The summed E-state index contributed by atoms with van der Waals surface area (Å²) in [6.45, 7) is 4.06. The van der Waals surface area contributed by atoms with Crippen LogP contribution in [0.2, 0.25) is 0 Å². The third kappa shape index (κ3) is 5.41. The molecule has 9 heteroatoms. The summed E-state index contributed by atoms with van der Waals surface area (Å²) < 4.78 is 2.31. The minimum absolute atomic E-state index is 0.370. The van der Waals surface area contributed by atoms with Crippen LogP contribution in [-0.4, -0.2) is 47.3 Å². The van der Waals surface area contributed by atoms with Gasteiger partial charge in [-0.25, -0.2) is 4.84 Å². The summed E-state index contributed by atoms with van der Waals surface area (Å²) in [7, 11) is 1.34. The molecule has 0 amide bonds. The van der Waals surface area contributed by atoms with Crippen LogP contribution in [0.1, 0.15) is 18.5 Å². The van der Waals surface area contributed by atoms with E-state index in [-0.39, 0.29) is 0 Å². The Bertz CT molecular complexity index is 1420. The monoisotopic (exact) mass is 497 g/mol. The summed E-state index contributed by atoms with van der Waals surface area (Å²) in [5.41, 5.74) is 5.36. The molecule has 0 saturated carbocycles. The van der Waals surface area contributed by atoms with E-state index in [1.54, 1.807) is 36.4 Å². The van der Waals surface area contributed by atoms with Gasteiger partial charge in [-0.2, -0.15) is 0 Å². The van der Waals surface area contributed by atoms with Crippen molar-refractivity contribution in [2.45, 2.75) is 19.4 Å². The molecule has 0 bridgehead atoms. The van der Waals surface area contributed by atoms with E-state index in [0.29, 0.717) is 16.3 Å². The van der Waals surface area contributed by atoms with E-state index < -0.39 is 0 Å². The molecule has 0 unspecified atom stereocenters. The molecule has 37 heavy (non-hydrogen) atoms. The first kappa shape index (κ1) is 24.3. The minimum Gasteiger partial charge on any atom is -0.353 e. The molecule has 0 atom stereocenters. The third-order valence-corrected chi connectivity index (χ3v) is 6.65. The maximum absolute atomic E-state index is 11.8. The zero-order valence-corrected chi connectivity index (χ0v) is 20.7. The lowest BCUT2D eigenvalue weighted by Crippen LogP contribution is -2.24. The van der Waals surface area contributed by atoms with Crippen molar-refractivity contribution in [3.63, 3.8) is 0 Å². The van der Waals surface area contributed by atoms with Gasteiger partial charge in [0, 0.05) is 36.3 Å². The molecule has 1 aliphatic heterocycles. The van der Waals surface area contributed by atoms with Gasteiger partial charge >= 0.3 is 5.69 Å². The molecule has 5 rings (SSSR count). The average Bonchev–Trinajstić information content (AvgIpc) is 3.57. The van der Waals surface area contributed by atoms with Crippen LogP contribution in [0.15, 0.2) is 83.0 Å². The molecule has 2 heterocycles. The second-order valence-corrected chi connectivity index (χ2v) is 8.96. The molecule has 1 saturated heterocycles. The third-order valence-electron chi connectivity index (χ3n) is 6.65. The number of anilines is 2. The predicted octanol–water partition coefficient (Wildman–Crippen LogP) is 6.60. The molecule has 4 aromatic rings. The number of likely N-dealkylation sites (tertiary alicyclic amines) is 1. The van der Waals surface area contributed by atoms with Crippen molar-refractivity contribution in [2.75, 3.05) is 32.1 Å². The van der Waals surface area contributed by atoms with Crippen LogP contribution in [0.4, 0.5) is 28.4 Å². The molecule has 9 nitrogen and oxygen atoms in total. The Morgan fingerprint density at radius 3 is 2.35 bits per heavy atom. The number of benzene rings is 3. The minimum atomic E-state index is 0.370. The Balaban J connectivity index is 1.54. The molecule has 188 valence electrons. The first-order valence-electron chi connectivity index (χ1n) is 12.4. The van der Waals surface area contributed by atoms with Crippen LogP contribution >= 0.6 is 0 Å². The van der Waals surface area contributed by atoms with Crippen molar-refractivity contribution in [3.8, 4) is 0 Å². The fraction of sp³-hybridized carbons (Fsp3) is 0.250. The smallest absolute Gasteiger partial charge is 0.316 e.